The first-order valence-corrected chi connectivity index (χ1v) is 5.72. The van der Waals surface area contributed by atoms with Crippen LogP contribution in [0.1, 0.15) is 51.0 Å². The van der Waals surface area contributed by atoms with Crippen molar-refractivity contribution in [1.82, 2.24) is 30.0 Å². The lowest BCUT2D eigenvalue weighted by Gasteiger charge is -2.19. The summed E-state index contributed by atoms with van der Waals surface area (Å²) in [7, 11) is 0. The van der Waals surface area contributed by atoms with Gasteiger partial charge in [-0.2, -0.15) is 9.58 Å². The molecule has 0 saturated carbocycles. The van der Waals surface area contributed by atoms with Gasteiger partial charge in [-0.15, -0.1) is 10.2 Å². The van der Waals surface area contributed by atoms with Crippen molar-refractivity contribution < 1.29 is 0 Å². The second kappa shape index (κ2) is 3.97. The zero-order valence-corrected chi connectivity index (χ0v) is 11.0. The molecule has 8 nitrogen and oxygen atoms in total. The zero-order chi connectivity index (χ0) is 13.5. The molecule has 0 bridgehead atoms. The third-order valence-electron chi connectivity index (χ3n) is 2.95. The Morgan fingerprint density at radius 2 is 1.89 bits per heavy atom. The molecule has 2 aromatic heterocycles. The number of nitrogens with zero attached hydrogens (tertiary/aromatic N) is 6. The predicted molar refractivity (Wildman–Crippen MR) is 66.6 cm³/mol. The maximum atomic E-state index is 5.80. The standard InChI is InChI=1S/C10H18N8/c1-6(2)8-14-9(15-18(8)12)10(3,4)7-5-13-16-17(7)11/h5-6H,11-12H2,1-4H3. The molecular formula is C10H18N8. The molecule has 0 radical (unpaired) electrons. The molecule has 0 atom stereocenters. The maximum absolute atomic E-state index is 5.80. The molecule has 2 heterocycles. The van der Waals surface area contributed by atoms with Gasteiger partial charge in [-0.25, -0.2) is 4.98 Å². The van der Waals surface area contributed by atoms with Crippen LogP contribution < -0.4 is 11.7 Å². The molecule has 4 N–H and O–H groups in total. The Balaban J connectivity index is 2.48. The van der Waals surface area contributed by atoms with E-state index in [9.17, 15) is 0 Å². The molecule has 0 unspecified atom stereocenters. The first-order chi connectivity index (χ1) is 8.34. The number of rotatable bonds is 3. The number of nitrogen functional groups attached to an aromatic ring is 2. The fourth-order valence-electron chi connectivity index (χ4n) is 1.80. The summed E-state index contributed by atoms with van der Waals surface area (Å²) in [6.45, 7) is 7.93. The van der Waals surface area contributed by atoms with Crippen molar-refractivity contribution in [3.63, 3.8) is 0 Å². The van der Waals surface area contributed by atoms with Crippen LogP contribution in [0.2, 0.25) is 0 Å². The zero-order valence-electron chi connectivity index (χ0n) is 11.0. The van der Waals surface area contributed by atoms with Gasteiger partial charge in [0.1, 0.15) is 0 Å². The second-order valence-electron chi connectivity index (χ2n) is 5.08. The smallest absolute Gasteiger partial charge is 0.164 e. The van der Waals surface area contributed by atoms with Crippen molar-refractivity contribution in [1.29, 1.82) is 0 Å². The Morgan fingerprint density at radius 3 is 2.33 bits per heavy atom. The highest BCUT2D eigenvalue weighted by molar-refractivity contribution is 5.22. The first kappa shape index (κ1) is 12.3. The molecule has 0 aliphatic heterocycles. The molecular weight excluding hydrogens is 232 g/mol. The molecule has 18 heavy (non-hydrogen) atoms. The molecule has 0 aliphatic carbocycles. The predicted octanol–water partition coefficient (Wildman–Crippen LogP) is -0.253. The van der Waals surface area contributed by atoms with E-state index < -0.39 is 5.41 Å². The van der Waals surface area contributed by atoms with Gasteiger partial charge in [0.25, 0.3) is 0 Å². The Bertz CT molecular complexity index is 550. The SMILES string of the molecule is CC(C)c1nc(C(C)(C)c2cnnn2N)nn1N. The normalized spacial score (nSPS) is 12.3. The molecule has 0 aromatic carbocycles. The van der Waals surface area contributed by atoms with E-state index in [2.05, 4.69) is 20.4 Å². The van der Waals surface area contributed by atoms with E-state index >= 15 is 0 Å². The van der Waals surface area contributed by atoms with Gasteiger partial charge in [0, 0.05) is 5.92 Å². The summed E-state index contributed by atoms with van der Waals surface area (Å²) in [5.74, 6) is 13.1. The number of hydrogen-bond donors (Lipinski definition) is 2. The topological polar surface area (TPSA) is 113 Å². The molecule has 0 spiro atoms. The summed E-state index contributed by atoms with van der Waals surface area (Å²) in [6.07, 6.45) is 1.60. The highest BCUT2D eigenvalue weighted by atomic mass is 15.6. The van der Waals surface area contributed by atoms with Gasteiger partial charge < -0.3 is 11.7 Å². The van der Waals surface area contributed by atoms with E-state index in [0.717, 1.165) is 11.5 Å². The fourth-order valence-corrected chi connectivity index (χ4v) is 1.80. The maximum Gasteiger partial charge on any atom is 0.164 e. The summed E-state index contributed by atoms with van der Waals surface area (Å²) < 4.78 is 0. The van der Waals surface area contributed by atoms with Crippen LogP contribution in [-0.4, -0.2) is 30.0 Å². The van der Waals surface area contributed by atoms with Crippen LogP contribution in [0.5, 0.6) is 0 Å². The average molecular weight is 250 g/mol. The van der Waals surface area contributed by atoms with Crippen LogP contribution in [0, 0.1) is 0 Å². The van der Waals surface area contributed by atoms with Gasteiger partial charge in [-0.05, 0) is 19.1 Å². The van der Waals surface area contributed by atoms with Gasteiger partial charge in [0.2, 0.25) is 0 Å². The first-order valence-electron chi connectivity index (χ1n) is 5.72. The monoisotopic (exact) mass is 250 g/mol. The van der Waals surface area contributed by atoms with Crippen molar-refractivity contribution >= 4 is 0 Å². The third-order valence-corrected chi connectivity index (χ3v) is 2.95. The highest BCUT2D eigenvalue weighted by Gasteiger charge is 2.33. The average Bonchev–Trinajstić information content (AvgIpc) is 2.84. The molecule has 0 amide bonds. The Morgan fingerprint density at radius 1 is 1.22 bits per heavy atom. The van der Waals surface area contributed by atoms with E-state index in [1.165, 1.54) is 9.58 Å². The van der Waals surface area contributed by atoms with Crippen LogP contribution in [0.25, 0.3) is 0 Å². The Labute approximate surface area is 105 Å². The lowest BCUT2D eigenvalue weighted by molar-refractivity contribution is 0.535. The minimum atomic E-state index is -0.507. The highest BCUT2D eigenvalue weighted by Crippen LogP contribution is 2.28. The second-order valence-corrected chi connectivity index (χ2v) is 5.08. The minimum absolute atomic E-state index is 0.202. The molecule has 98 valence electrons. The van der Waals surface area contributed by atoms with Crippen molar-refractivity contribution in [2.45, 2.75) is 39.0 Å². The Hall–Kier alpha value is -2.12. The number of hydrogen-bond acceptors (Lipinski definition) is 6. The van der Waals surface area contributed by atoms with Crippen molar-refractivity contribution in [2.75, 3.05) is 11.7 Å². The molecule has 2 aromatic rings. The molecule has 0 aliphatic rings. The van der Waals surface area contributed by atoms with E-state index in [0.29, 0.717) is 5.82 Å². The lowest BCUT2D eigenvalue weighted by atomic mass is 9.89. The summed E-state index contributed by atoms with van der Waals surface area (Å²) in [6, 6.07) is 0. The van der Waals surface area contributed by atoms with Crippen molar-refractivity contribution in [3.05, 3.63) is 23.5 Å². The lowest BCUT2D eigenvalue weighted by Crippen LogP contribution is -2.29. The number of nitrogens with two attached hydrogens (primary N) is 2. The largest absolute Gasteiger partial charge is 0.321 e. The van der Waals surface area contributed by atoms with Gasteiger partial charge in [0.05, 0.1) is 17.3 Å². The van der Waals surface area contributed by atoms with Crippen molar-refractivity contribution in [2.24, 2.45) is 0 Å². The van der Waals surface area contributed by atoms with E-state index in [4.69, 9.17) is 11.7 Å². The van der Waals surface area contributed by atoms with Crippen LogP contribution >= 0.6 is 0 Å². The van der Waals surface area contributed by atoms with Gasteiger partial charge in [0.15, 0.2) is 11.6 Å². The quantitative estimate of drug-likeness (QED) is 0.726. The summed E-state index contributed by atoms with van der Waals surface area (Å²) >= 11 is 0. The van der Waals surface area contributed by atoms with E-state index in [1.54, 1.807) is 6.20 Å². The van der Waals surface area contributed by atoms with Gasteiger partial charge in [-0.1, -0.05) is 13.8 Å². The summed E-state index contributed by atoms with van der Waals surface area (Å²) in [5, 5.41) is 11.8. The molecule has 0 saturated heterocycles. The fraction of sp³-hybridized carbons (Fsp3) is 0.600. The molecule has 8 heteroatoms. The van der Waals surface area contributed by atoms with Gasteiger partial charge in [-0.3, -0.25) is 0 Å². The molecule has 2 rings (SSSR count). The van der Waals surface area contributed by atoms with E-state index in [1.807, 2.05) is 27.7 Å². The summed E-state index contributed by atoms with van der Waals surface area (Å²) in [4.78, 5) is 7.02. The number of aromatic nitrogens is 6. The van der Waals surface area contributed by atoms with Crippen LogP contribution in [0.3, 0.4) is 0 Å². The molecule has 0 fully saturated rings. The Kier molecular flexibility index (Phi) is 2.72. The van der Waals surface area contributed by atoms with Crippen LogP contribution in [0.4, 0.5) is 0 Å². The van der Waals surface area contributed by atoms with Crippen LogP contribution in [0.15, 0.2) is 6.20 Å². The van der Waals surface area contributed by atoms with Crippen molar-refractivity contribution in [3.8, 4) is 0 Å². The third kappa shape index (κ3) is 1.79. The minimum Gasteiger partial charge on any atom is -0.321 e. The van der Waals surface area contributed by atoms with Gasteiger partial charge >= 0.3 is 0 Å². The summed E-state index contributed by atoms with van der Waals surface area (Å²) in [5.41, 5.74) is 0.218. The van der Waals surface area contributed by atoms with Crippen LogP contribution in [-0.2, 0) is 5.41 Å². The van der Waals surface area contributed by atoms with E-state index in [-0.39, 0.29) is 5.92 Å².